The Kier molecular flexibility index (Phi) is 4.91. The van der Waals surface area contributed by atoms with E-state index in [1.165, 1.54) is 5.56 Å². The Morgan fingerprint density at radius 3 is 2.89 bits per heavy atom. The van der Waals surface area contributed by atoms with E-state index in [1.54, 1.807) is 12.4 Å². The van der Waals surface area contributed by atoms with Crippen molar-refractivity contribution < 1.29 is 4.79 Å². The second-order valence-corrected chi connectivity index (χ2v) is 5.44. The monoisotopic (exact) mass is 261 g/mol. The molecule has 104 valence electrons. The predicted octanol–water partition coefficient (Wildman–Crippen LogP) is 1.47. The summed E-state index contributed by atoms with van der Waals surface area (Å²) in [5, 5.41) is 3.39. The minimum atomic E-state index is 0.193. The van der Waals surface area contributed by atoms with Crippen molar-refractivity contribution in [2.75, 3.05) is 20.1 Å². The molecule has 0 saturated carbocycles. The van der Waals surface area contributed by atoms with Gasteiger partial charge < -0.3 is 10.2 Å². The third kappa shape index (κ3) is 4.03. The van der Waals surface area contributed by atoms with Crippen molar-refractivity contribution in [3.05, 3.63) is 30.1 Å². The Morgan fingerprint density at radius 1 is 1.47 bits per heavy atom. The van der Waals surface area contributed by atoms with E-state index in [2.05, 4.69) is 17.2 Å². The second kappa shape index (κ2) is 6.66. The fourth-order valence-electron chi connectivity index (χ4n) is 2.62. The summed E-state index contributed by atoms with van der Waals surface area (Å²) in [6.45, 7) is 3.88. The number of likely N-dealkylation sites (N-methyl/N-ethyl adjacent to an activating group) is 1. The van der Waals surface area contributed by atoms with Gasteiger partial charge in [0.25, 0.3) is 0 Å². The molecule has 4 heteroatoms. The molecule has 1 N–H and O–H groups in total. The molecule has 2 atom stereocenters. The smallest absolute Gasteiger partial charge is 0.225 e. The fraction of sp³-hybridized carbons (Fsp3) is 0.600. The first kappa shape index (κ1) is 14.0. The first-order chi connectivity index (χ1) is 9.16. The van der Waals surface area contributed by atoms with Crippen LogP contribution in [0, 0.1) is 5.92 Å². The van der Waals surface area contributed by atoms with Crippen LogP contribution in [0.1, 0.15) is 25.3 Å². The molecule has 0 radical (unpaired) electrons. The van der Waals surface area contributed by atoms with Crippen LogP contribution in [0.25, 0.3) is 0 Å². The Morgan fingerprint density at radius 2 is 2.21 bits per heavy atom. The lowest BCUT2D eigenvalue weighted by atomic mass is 9.92. The summed E-state index contributed by atoms with van der Waals surface area (Å²) in [4.78, 5) is 18.2. The molecule has 1 fully saturated rings. The number of hydrogen-bond acceptors (Lipinski definition) is 3. The number of rotatable bonds is 4. The Bertz CT molecular complexity index is 407. The van der Waals surface area contributed by atoms with Crippen LogP contribution in [-0.4, -0.2) is 42.0 Å². The lowest BCUT2D eigenvalue weighted by molar-refractivity contribution is -0.135. The molecular formula is C15H23N3O. The van der Waals surface area contributed by atoms with Crippen LogP contribution in [0.2, 0.25) is 0 Å². The van der Waals surface area contributed by atoms with Crippen molar-refractivity contribution in [2.45, 2.75) is 32.2 Å². The zero-order valence-electron chi connectivity index (χ0n) is 11.8. The number of carbonyl (C=O) groups is 1. The first-order valence-electron chi connectivity index (χ1n) is 7.04. The molecule has 1 aromatic heterocycles. The Labute approximate surface area is 115 Å². The lowest BCUT2D eigenvalue weighted by Crippen LogP contribution is -2.43. The summed E-state index contributed by atoms with van der Waals surface area (Å²) >= 11 is 0. The summed E-state index contributed by atoms with van der Waals surface area (Å²) in [6.07, 6.45) is 6.41. The molecule has 1 aromatic rings. The number of nitrogens with zero attached hydrogens (tertiary/aromatic N) is 2. The lowest BCUT2D eigenvalue weighted by Gasteiger charge is -2.30. The largest absolute Gasteiger partial charge is 0.345 e. The van der Waals surface area contributed by atoms with E-state index < -0.39 is 0 Å². The average molecular weight is 261 g/mol. The first-order valence-corrected chi connectivity index (χ1v) is 7.04. The van der Waals surface area contributed by atoms with E-state index in [0.29, 0.717) is 11.9 Å². The van der Waals surface area contributed by atoms with Gasteiger partial charge in [0, 0.05) is 37.9 Å². The molecule has 19 heavy (non-hydrogen) atoms. The number of pyridine rings is 1. The van der Waals surface area contributed by atoms with Crippen LogP contribution < -0.4 is 5.32 Å². The zero-order chi connectivity index (χ0) is 13.7. The number of hydrogen-bond donors (Lipinski definition) is 1. The average Bonchev–Trinajstić information content (AvgIpc) is 2.45. The number of carbonyl (C=O) groups excluding carboxylic acids is 1. The van der Waals surface area contributed by atoms with Gasteiger partial charge in [0.2, 0.25) is 5.91 Å². The van der Waals surface area contributed by atoms with E-state index in [0.717, 1.165) is 32.4 Å². The number of aromatic nitrogens is 1. The maximum absolute atomic E-state index is 12.4. The molecule has 2 rings (SSSR count). The topological polar surface area (TPSA) is 45.2 Å². The maximum Gasteiger partial charge on any atom is 0.225 e. The van der Waals surface area contributed by atoms with Crippen molar-refractivity contribution in [2.24, 2.45) is 5.92 Å². The standard InChI is InChI=1S/C15H23N3O/c1-12-11-14(5-9-17-12)15(19)18(2)10-6-13-3-7-16-8-4-13/h3-4,7-8,12,14,17H,5-6,9-11H2,1-2H3/t12-,14-/m0/s1. The van der Waals surface area contributed by atoms with Gasteiger partial charge in [-0.05, 0) is 50.4 Å². The Balaban J connectivity index is 1.82. The highest BCUT2D eigenvalue weighted by Gasteiger charge is 2.26. The van der Waals surface area contributed by atoms with Crippen molar-refractivity contribution in [3.63, 3.8) is 0 Å². The maximum atomic E-state index is 12.4. The number of piperidine rings is 1. The van der Waals surface area contributed by atoms with Crippen molar-refractivity contribution in [1.29, 1.82) is 0 Å². The highest BCUT2D eigenvalue weighted by Crippen LogP contribution is 2.18. The van der Waals surface area contributed by atoms with Crippen LogP contribution in [-0.2, 0) is 11.2 Å². The summed E-state index contributed by atoms with van der Waals surface area (Å²) in [7, 11) is 1.91. The molecular weight excluding hydrogens is 238 g/mol. The van der Waals surface area contributed by atoms with Crippen LogP contribution in [0.15, 0.2) is 24.5 Å². The number of amides is 1. The minimum absolute atomic E-state index is 0.193. The molecule has 1 aliphatic rings. The molecule has 1 aliphatic heterocycles. The highest BCUT2D eigenvalue weighted by molar-refractivity contribution is 5.78. The van der Waals surface area contributed by atoms with Gasteiger partial charge in [-0.25, -0.2) is 0 Å². The van der Waals surface area contributed by atoms with Crippen molar-refractivity contribution in [3.8, 4) is 0 Å². The van der Waals surface area contributed by atoms with Gasteiger partial charge in [-0.2, -0.15) is 0 Å². The molecule has 0 aromatic carbocycles. The number of nitrogens with one attached hydrogen (secondary N) is 1. The highest BCUT2D eigenvalue weighted by atomic mass is 16.2. The molecule has 0 spiro atoms. The summed E-state index contributed by atoms with van der Waals surface area (Å²) in [6, 6.07) is 4.46. The fourth-order valence-corrected chi connectivity index (χ4v) is 2.62. The van der Waals surface area contributed by atoms with Crippen molar-refractivity contribution in [1.82, 2.24) is 15.2 Å². The van der Waals surface area contributed by atoms with Gasteiger partial charge in [-0.1, -0.05) is 0 Å². The molecule has 1 amide bonds. The molecule has 0 unspecified atom stereocenters. The van der Waals surface area contributed by atoms with E-state index >= 15 is 0 Å². The SMILES string of the molecule is C[C@H]1C[C@@H](C(=O)N(C)CCc2ccncc2)CCN1. The van der Waals surface area contributed by atoms with Gasteiger partial charge in [-0.3, -0.25) is 9.78 Å². The van der Waals surface area contributed by atoms with E-state index in [4.69, 9.17) is 0 Å². The summed E-state index contributed by atoms with van der Waals surface area (Å²) in [5.41, 5.74) is 1.23. The van der Waals surface area contributed by atoms with Crippen LogP contribution >= 0.6 is 0 Å². The van der Waals surface area contributed by atoms with Crippen molar-refractivity contribution >= 4 is 5.91 Å². The molecule has 2 heterocycles. The van der Waals surface area contributed by atoms with Crippen LogP contribution in [0.4, 0.5) is 0 Å². The molecule has 0 bridgehead atoms. The quantitative estimate of drug-likeness (QED) is 0.892. The summed E-state index contributed by atoms with van der Waals surface area (Å²) < 4.78 is 0. The third-order valence-electron chi connectivity index (χ3n) is 3.83. The molecule has 1 saturated heterocycles. The molecule has 0 aliphatic carbocycles. The van der Waals surface area contributed by atoms with Crippen LogP contribution in [0.5, 0.6) is 0 Å². The summed E-state index contributed by atoms with van der Waals surface area (Å²) in [5.74, 6) is 0.487. The van der Waals surface area contributed by atoms with E-state index in [9.17, 15) is 4.79 Å². The van der Waals surface area contributed by atoms with Gasteiger partial charge in [0.05, 0.1) is 0 Å². The molecule has 4 nitrogen and oxygen atoms in total. The Hall–Kier alpha value is -1.42. The van der Waals surface area contributed by atoms with Gasteiger partial charge in [-0.15, -0.1) is 0 Å². The van der Waals surface area contributed by atoms with Gasteiger partial charge >= 0.3 is 0 Å². The van der Waals surface area contributed by atoms with Gasteiger partial charge in [0.1, 0.15) is 0 Å². The zero-order valence-corrected chi connectivity index (χ0v) is 11.8. The van der Waals surface area contributed by atoms with Gasteiger partial charge in [0.15, 0.2) is 0 Å². The predicted molar refractivity (Wildman–Crippen MR) is 75.8 cm³/mol. The van der Waals surface area contributed by atoms with Crippen LogP contribution in [0.3, 0.4) is 0 Å². The second-order valence-electron chi connectivity index (χ2n) is 5.44. The van der Waals surface area contributed by atoms with E-state index in [1.807, 2.05) is 24.1 Å². The normalized spacial score (nSPS) is 23.1. The third-order valence-corrected chi connectivity index (χ3v) is 3.83. The minimum Gasteiger partial charge on any atom is -0.345 e. The van der Waals surface area contributed by atoms with E-state index in [-0.39, 0.29) is 5.92 Å².